The minimum atomic E-state index is -0.977. The van der Waals surface area contributed by atoms with Crippen molar-refractivity contribution in [3.05, 3.63) is 42.5 Å². The molecule has 4 heteroatoms. The lowest BCUT2D eigenvalue weighted by atomic mass is 9.95. The molecule has 17 heavy (non-hydrogen) atoms. The first-order valence-corrected chi connectivity index (χ1v) is 5.41. The Morgan fingerprint density at radius 1 is 1.41 bits per heavy atom. The van der Waals surface area contributed by atoms with Crippen LogP contribution in [0.5, 0.6) is 0 Å². The van der Waals surface area contributed by atoms with Gasteiger partial charge in [-0.15, -0.1) is 0 Å². The highest BCUT2D eigenvalue weighted by Crippen LogP contribution is 2.30. The molecule has 0 bridgehead atoms. The van der Waals surface area contributed by atoms with Crippen LogP contribution >= 0.6 is 0 Å². The lowest BCUT2D eigenvalue weighted by Gasteiger charge is -2.34. The molecule has 1 aliphatic heterocycles. The number of rotatable bonds is 2. The number of para-hydroxylation sites is 1. The molecule has 1 unspecified atom stereocenters. The second-order valence-corrected chi connectivity index (χ2v) is 3.93. The number of carboxylic acids is 1. The Hall–Kier alpha value is -2.10. The molecule has 0 spiro atoms. The number of nitrogens with zero attached hydrogens (tertiary/aromatic N) is 1. The molecule has 0 aliphatic carbocycles. The molecule has 0 saturated carbocycles. The first kappa shape index (κ1) is 11.4. The van der Waals surface area contributed by atoms with Crippen LogP contribution in [-0.4, -0.2) is 23.0 Å². The number of carboxylic acid groups (broad SMARTS) is 1. The molecule has 1 aromatic carbocycles. The van der Waals surface area contributed by atoms with E-state index in [1.807, 2.05) is 12.1 Å². The molecular formula is C13H13NO3. The van der Waals surface area contributed by atoms with Crippen molar-refractivity contribution in [2.75, 3.05) is 4.90 Å². The summed E-state index contributed by atoms with van der Waals surface area (Å²) in [6, 6.07) is 6.57. The highest BCUT2D eigenvalue weighted by atomic mass is 16.4. The Kier molecular flexibility index (Phi) is 2.95. The molecule has 1 aromatic rings. The van der Waals surface area contributed by atoms with E-state index in [0.29, 0.717) is 18.5 Å². The van der Waals surface area contributed by atoms with E-state index < -0.39 is 12.0 Å². The van der Waals surface area contributed by atoms with Crippen molar-refractivity contribution < 1.29 is 14.7 Å². The van der Waals surface area contributed by atoms with Gasteiger partial charge in [0.15, 0.2) is 0 Å². The maximum absolute atomic E-state index is 11.8. The average molecular weight is 231 g/mol. The first-order valence-electron chi connectivity index (χ1n) is 5.41. The summed E-state index contributed by atoms with van der Waals surface area (Å²) in [6.07, 6.45) is 2.26. The highest BCUT2D eigenvalue weighted by Gasteiger charge is 2.34. The van der Waals surface area contributed by atoms with E-state index in [1.54, 1.807) is 12.1 Å². The Labute approximate surface area is 99.2 Å². The molecule has 1 amide bonds. The molecule has 0 radical (unpaired) electrons. The first-order chi connectivity index (χ1) is 8.15. The van der Waals surface area contributed by atoms with E-state index in [1.165, 1.54) is 4.90 Å². The van der Waals surface area contributed by atoms with E-state index in [2.05, 4.69) is 6.58 Å². The predicted molar refractivity (Wildman–Crippen MR) is 63.9 cm³/mol. The molecule has 1 heterocycles. The lowest BCUT2D eigenvalue weighted by molar-refractivity contribution is -0.140. The molecule has 0 fully saturated rings. The molecule has 88 valence electrons. The second-order valence-electron chi connectivity index (χ2n) is 3.93. The van der Waals surface area contributed by atoms with Crippen LogP contribution in [0.1, 0.15) is 12.0 Å². The van der Waals surface area contributed by atoms with Crippen molar-refractivity contribution in [1.82, 2.24) is 0 Å². The summed E-state index contributed by atoms with van der Waals surface area (Å²) in [4.78, 5) is 24.3. The Morgan fingerprint density at radius 3 is 2.76 bits per heavy atom. The SMILES string of the molecule is C=CC(=O)N1c2ccccc2CCC1C(=O)O. The van der Waals surface area contributed by atoms with E-state index in [0.717, 1.165) is 11.6 Å². The minimum Gasteiger partial charge on any atom is -0.480 e. The normalized spacial score (nSPS) is 18.4. The molecule has 0 saturated heterocycles. The van der Waals surface area contributed by atoms with E-state index in [9.17, 15) is 9.59 Å². The minimum absolute atomic E-state index is 0.371. The summed E-state index contributed by atoms with van der Waals surface area (Å²) in [5.74, 6) is -1.35. The highest BCUT2D eigenvalue weighted by molar-refractivity contribution is 6.06. The Bertz CT molecular complexity index is 481. The monoisotopic (exact) mass is 231 g/mol. The van der Waals surface area contributed by atoms with E-state index in [-0.39, 0.29) is 5.91 Å². The number of carbonyl (C=O) groups is 2. The van der Waals surface area contributed by atoms with E-state index in [4.69, 9.17) is 5.11 Å². The van der Waals surface area contributed by atoms with Crippen LogP contribution in [0.25, 0.3) is 0 Å². The number of hydrogen-bond acceptors (Lipinski definition) is 2. The molecular weight excluding hydrogens is 218 g/mol. The summed E-state index contributed by atoms with van der Waals surface area (Å²) < 4.78 is 0. The number of benzene rings is 1. The van der Waals surface area contributed by atoms with Crippen LogP contribution in [0.15, 0.2) is 36.9 Å². The molecule has 1 N–H and O–H groups in total. The van der Waals surface area contributed by atoms with Gasteiger partial charge in [0.1, 0.15) is 6.04 Å². The Morgan fingerprint density at radius 2 is 2.12 bits per heavy atom. The summed E-state index contributed by atoms with van der Waals surface area (Å²) >= 11 is 0. The third kappa shape index (κ3) is 1.93. The summed E-state index contributed by atoms with van der Waals surface area (Å²) in [5.41, 5.74) is 1.68. The van der Waals surface area contributed by atoms with Gasteiger partial charge in [-0.05, 0) is 30.5 Å². The van der Waals surface area contributed by atoms with Gasteiger partial charge < -0.3 is 5.11 Å². The van der Waals surface area contributed by atoms with Gasteiger partial charge in [-0.25, -0.2) is 4.79 Å². The van der Waals surface area contributed by atoms with Crippen LogP contribution in [0.2, 0.25) is 0 Å². The topological polar surface area (TPSA) is 57.6 Å². The van der Waals surface area contributed by atoms with Crippen LogP contribution in [0, 0.1) is 0 Å². The van der Waals surface area contributed by atoms with Crippen molar-refractivity contribution >= 4 is 17.6 Å². The molecule has 2 rings (SSSR count). The maximum Gasteiger partial charge on any atom is 0.326 e. The smallest absolute Gasteiger partial charge is 0.326 e. The number of aryl methyl sites for hydroxylation is 1. The van der Waals surface area contributed by atoms with E-state index >= 15 is 0 Å². The number of amides is 1. The maximum atomic E-state index is 11.8. The molecule has 4 nitrogen and oxygen atoms in total. The number of aliphatic carboxylic acids is 1. The zero-order valence-electron chi connectivity index (χ0n) is 9.30. The number of fused-ring (bicyclic) bond motifs is 1. The largest absolute Gasteiger partial charge is 0.480 e. The quantitative estimate of drug-likeness (QED) is 0.786. The van der Waals surface area contributed by atoms with Crippen LogP contribution < -0.4 is 4.90 Å². The second kappa shape index (κ2) is 4.41. The molecule has 1 atom stereocenters. The van der Waals surface area contributed by atoms with Gasteiger partial charge in [0, 0.05) is 5.69 Å². The van der Waals surface area contributed by atoms with Crippen molar-refractivity contribution in [1.29, 1.82) is 0 Å². The van der Waals surface area contributed by atoms with Gasteiger partial charge in [0.2, 0.25) is 0 Å². The zero-order valence-corrected chi connectivity index (χ0v) is 9.30. The van der Waals surface area contributed by atoms with Crippen LogP contribution in [0.3, 0.4) is 0 Å². The number of anilines is 1. The predicted octanol–water partition coefficient (Wildman–Crippen LogP) is 1.60. The van der Waals surface area contributed by atoms with Crippen molar-refractivity contribution in [2.24, 2.45) is 0 Å². The van der Waals surface area contributed by atoms with Crippen molar-refractivity contribution in [3.8, 4) is 0 Å². The third-order valence-electron chi connectivity index (χ3n) is 2.95. The standard InChI is InChI=1S/C13H13NO3/c1-2-12(15)14-10-6-4-3-5-9(10)7-8-11(14)13(16)17/h2-6,11H,1,7-8H2,(H,16,17). The summed E-state index contributed by atoms with van der Waals surface area (Å²) in [7, 11) is 0. The molecule has 0 aromatic heterocycles. The lowest BCUT2D eigenvalue weighted by Crippen LogP contribution is -2.47. The van der Waals surface area contributed by atoms with Gasteiger partial charge >= 0.3 is 5.97 Å². The molecule has 1 aliphatic rings. The van der Waals surface area contributed by atoms with Gasteiger partial charge in [-0.3, -0.25) is 9.69 Å². The van der Waals surface area contributed by atoms with Gasteiger partial charge in [0.25, 0.3) is 5.91 Å². The third-order valence-corrected chi connectivity index (χ3v) is 2.95. The fourth-order valence-corrected chi connectivity index (χ4v) is 2.15. The van der Waals surface area contributed by atoms with Crippen molar-refractivity contribution in [2.45, 2.75) is 18.9 Å². The van der Waals surface area contributed by atoms with Gasteiger partial charge in [-0.1, -0.05) is 24.8 Å². The fourth-order valence-electron chi connectivity index (χ4n) is 2.15. The average Bonchev–Trinajstić information content (AvgIpc) is 2.36. The van der Waals surface area contributed by atoms with Crippen molar-refractivity contribution in [3.63, 3.8) is 0 Å². The Balaban J connectivity index is 2.49. The summed E-state index contributed by atoms with van der Waals surface area (Å²) in [6.45, 7) is 3.42. The van der Waals surface area contributed by atoms with Crippen LogP contribution in [-0.2, 0) is 16.0 Å². The van der Waals surface area contributed by atoms with Gasteiger partial charge in [-0.2, -0.15) is 0 Å². The van der Waals surface area contributed by atoms with Gasteiger partial charge in [0.05, 0.1) is 0 Å². The van der Waals surface area contributed by atoms with Crippen LogP contribution in [0.4, 0.5) is 5.69 Å². The summed E-state index contributed by atoms with van der Waals surface area (Å²) in [5, 5.41) is 9.15. The zero-order chi connectivity index (χ0) is 12.4. The fraction of sp³-hybridized carbons (Fsp3) is 0.231. The number of carbonyl (C=O) groups excluding carboxylic acids is 1. The number of hydrogen-bond donors (Lipinski definition) is 1.